The highest BCUT2D eigenvalue weighted by Crippen LogP contribution is 2.18. The number of morpholine rings is 1. The lowest BCUT2D eigenvalue weighted by Crippen LogP contribution is -2.48. The third kappa shape index (κ3) is 5.01. The number of nitrogens with one attached hydrogen (secondary N) is 1. The highest BCUT2D eigenvalue weighted by molar-refractivity contribution is 5.94. The minimum absolute atomic E-state index is 0.0199. The van der Waals surface area contributed by atoms with Gasteiger partial charge in [0, 0.05) is 43.4 Å². The molecule has 7 heteroatoms. The van der Waals surface area contributed by atoms with Crippen LogP contribution in [-0.4, -0.2) is 54.6 Å². The van der Waals surface area contributed by atoms with Gasteiger partial charge in [0.2, 0.25) is 0 Å². The van der Waals surface area contributed by atoms with E-state index >= 15 is 0 Å². The van der Waals surface area contributed by atoms with Crippen molar-refractivity contribution in [1.29, 1.82) is 0 Å². The second-order valence-corrected chi connectivity index (χ2v) is 6.61. The Morgan fingerprint density at radius 1 is 1.50 bits per heavy atom. The van der Waals surface area contributed by atoms with E-state index in [4.69, 9.17) is 4.74 Å². The largest absolute Gasteiger partial charge is 0.374 e. The third-order valence-corrected chi connectivity index (χ3v) is 3.99. The van der Waals surface area contributed by atoms with Crippen molar-refractivity contribution in [3.05, 3.63) is 39.4 Å². The van der Waals surface area contributed by atoms with Crippen molar-refractivity contribution in [3.63, 3.8) is 0 Å². The second kappa shape index (κ2) is 8.21. The number of carbonyl (C=O) groups is 1. The molecule has 1 aliphatic heterocycles. The molecule has 1 heterocycles. The smallest absolute Gasteiger partial charge is 0.272 e. The Bertz CT molecular complexity index is 603. The zero-order valence-electron chi connectivity index (χ0n) is 14.4. The van der Waals surface area contributed by atoms with Crippen LogP contribution in [0.4, 0.5) is 5.69 Å². The summed E-state index contributed by atoms with van der Waals surface area (Å²) in [5.41, 5.74) is 0.920. The van der Waals surface area contributed by atoms with Gasteiger partial charge in [0.15, 0.2) is 0 Å². The van der Waals surface area contributed by atoms with E-state index in [1.54, 1.807) is 13.0 Å². The summed E-state index contributed by atoms with van der Waals surface area (Å²) in [4.78, 5) is 25.0. The molecule has 132 valence electrons. The first-order chi connectivity index (χ1) is 11.4. The number of rotatable bonds is 6. The predicted molar refractivity (Wildman–Crippen MR) is 91.2 cm³/mol. The maximum atomic E-state index is 12.2. The number of nitro benzene ring substituents is 1. The Morgan fingerprint density at radius 2 is 2.25 bits per heavy atom. The number of nitrogens with zero attached hydrogens (tertiary/aromatic N) is 2. The molecular formula is C17H25N3O4. The van der Waals surface area contributed by atoms with E-state index in [9.17, 15) is 14.9 Å². The van der Waals surface area contributed by atoms with E-state index in [1.807, 2.05) is 0 Å². The lowest BCUT2D eigenvalue weighted by molar-refractivity contribution is -0.385. The quantitative estimate of drug-likeness (QED) is 0.635. The number of amides is 1. The molecule has 7 nitrogen and oxygen atoms in total. The van der Waals surface area contributed by atoms with Crippen LogP contribution in [0.2, 0.25) is 0 Å². The molecule has 1 aromatic carbocycles. The van der Waals surface area contributed by atoms with Gasteiger partial charge < -0.3 is 10.1 Å². The molecule has 1 fully saturated rings. The van der Waals surface area contributed by atoms with E-state index in [0.717, 1.165) is 19.6 Å². The fourth-order valence-corrected chi connectivity index (χ4v) is 2.90. The monoisotopic (exact) mass is 335 g/mol. The number of hydrogen-bond acceptors (Lipinski definition) is 5. The number of hydrogen-bond donors (Lipinski definition) is 1. The standard InChI is InChI=1S/C17H25N3O4/c1-12(2)10-19-6-7-24-15(11-19)9-18-17(21)14-4-5-16(20(22)23)13(3)8-14/h4-5,8,12,15H,6-7,9-11H2,1-3H3,(H,18,21)/t15-/m1/s1. The van der Waals surface area contributed by atoms with Gasteiger partial charge in [0.05, 0.1) is 17.6 Å². The Labute approximate surface area is 142 Å². The molecule has 1 N–H and O–H groups in total. The van der Waals surface area contributed by atoms with E-state index in [-0.39, 0.29) is 17.7 Å². The fourth-order valence-electron chi connectivity index (χ4n) is 2.90. The first-order valence-electron chi connectivity index (χ1n) is 8.24. The van der Waals surface area contributed by atoms with Crippen molar-refractivity contribution in [2.24, 2.45) is 5.92 Å². The van der Waals surface area contributed by atoms with Crippen LogP contribution in [0.15, 0.2) is 18.2 Å². The van der Waals surface area contributed by atoms with Crippen LogP contribution in [0.3, 0.4) is 0 Å². The van der Waals surface area contributed by atoms with Crippen LogP contribution < -0.4 is 5.32 Å². The Hall–Kier alpha value is -1.99. The summed E-state index contributed by atoms with van der Waals surface area (Å²) in [6.45, 7) is 9.85. The minimum Gasteiger partial charge on any atom is -0.374 e. The van der Waals surface area contributed by atoms with E-state index in [2.05, 4.69) is 24.1 Å². The van der Waals surface area contributed by atoms with E-state index in [1.165, 1.54) is 12.1 Å². The van der Waals surface area contributed by atoms with Gasteiger partial charge in [0.1, 0.15) is 0 Å². The highest BCUT2D eigenvalue weighted by atomic mass is 16.6. The van der Waals surface area contributed by atoms with E-state index < -0.39 is 4.92 Å². The van der Waals surface area contributed by atoms with Gasteiger partial charge in [-0.15, -0.1) is 0 Å². The van der Waals surface area contributed by atoms with Gasteiger partial charge in [-0.25, -0.2) is 0 Å². The lowest BCUT2D eigenvalue weighted by Gasteiger charge is -2.33. The van der Waals surface area contributed by atoms with Gasteiger partial charge in [-0.3, -0.25) is 19.8 Å². The number of benzene rings is 1. The van der Waals surface area contributed by atoms with Crippen LogP contribution in [0.25, 0.3) is 0 Å². The molecule has 0 spiro atoms. The molecule has 1 aromatic rings. The highest BCUT2D eigenvalue weighted by Gasteiger charge is 2.22. The van der Waals surface area contributed by atoms with Crippen LogP contribution in [-0.2, 0) is 4.74 Å². The van der Waals surface area contributed by atoms with Gasteiger partial charge in [-0.05, 0) is 25.0 Å². The molecule has 1 aliphatic rings. The van der Waals surface area contributed by atoms with E-state index in [0.29, 0.717) is 30.2 Å². The number of nitro groups is 1. The van der Waals surface area contributed by atoms with Crippen molar-refractivity contribution in [2.45, 2.75) is 26.9 Å². The Balaban J connectivity index is 1.88. The summed E-state index contributed by atoms with van der Waals surface area (Å²) in [7, 11) is 0. The van der Waals surface area contributed by atoms with Gasteiger partial charge in [-0.2, -0.15) is 0 Å². The molecular weight excluding hydrogens is 310 g/mol. The van der Waals surface area contributed by atoms with Gasteiger partial charge in [-0.1, -0.05) is 13.8 Å². The Kier molecular flexibility index (Phi) is 6.28. The van der Waals surface area contributed by atoms with Crippen molar-refractivity contribution in [1.82, 2.24) is 10.2 Å². The molecule has 0 aromatic heterocycles. The zero-order chi connectivity index (χ0) is 17.7. The minimum atomic E-state index is -0.448. The van der Waals surface area contributed by atoms with Crippen molar-refractivity contribution >= 4 is 11.6 Å². The summed E-state index contributed by atoms with van der Waals surface area (Å²) < 4.78 is 5.70. The average molecular weight is 335 g/mol. The maximum Gasteiger partial charge on any atom is 0.272 e. The number of aryl methyl sites for hydroxylation is 1. The molecule has 24 heavy (non-hydrogen) atoms. The van der Waals surface area contributed by atoms with Gasteiger partial charge >= 0.3 is 0 Å². The normalized spacial score (nSPS) is 18.6. The zero-order valence-corrected chi connectivity index (χ0v) is 14.4. The number of carbonyl (C=O) groups excluding carboxylic acids is 1. The van der Waals surface area contributed by atoms with Crippen LogP contribution in [0.5, 0.6) is 0 Å². The molecule has 0 bridgehead atoms. The molecule has 2 rings (SSSR count). The SMILES string of the molecule is Cc1cc(C(=O)NC[C@@H]2CN(CC(C)C)CCO2)ccc1[N+](=O)[O-]. The molecule has 1 amide bonds. The fraction of sp³-hybridized carbons (Fsp3) is 0.588. The molecule has 0 saturated carbocycles. The third-order valence-electron chi connectivity index (χ3n) is 3.99. The summed E-state index contributed by atoms with van der Waals surface area (Å²) in [5.74, 6) is 0.360. The van der Waals surface area contributed by atoms with Crippen LogP contribution in [0.1, 0.15) is 29.8 Å². The summed E-state index contributed by atoms with van der Waals surface area (Å²) in [6.07, 6.45) is -0.0272. The average Bonchev–Trinajstić information content (AvgIpc) is 2.51. The topological polar surface area (TPSA) is 84.7 Å². The van der Waals surface area contributed by atoms with Crippen LogP contribution >= 0.6 is 0 Å². The van der Waals surface area contributed by atoms with Crippen molar-refractivity contribution in [3.8, 4) is 0 Å². The van der Waals surface area contributed by atoms with Crippen molar-refractivity contribution < 1.29 is 14.5 Å². The maximum absolute atomic E-state index is 12.2. The first-order valence-corrected chi connectivity index (χ1v) is 8.24. The molecule has 0 radical (unpaired) electrons. The number of ether oxygens (including phenoxy) is 1. The second-order valence-electron chi connectivity index (χ2n) is 6.61. The summed E-state index contributed by atoms with van der Waals surface area (Å²) in [5, 5.41) is 13.7. The lowest BCUT2D eigenvalue weighted by atomic mass is 10.1. The summed E-state index contributed by atoms with van der Waals surface area (Å²) >= 11 is 0. The molecule has 1 atom stereocenters. The summed E-state index contributed by atoms with van der Waals surface area (Å²) in [6, 6.07) is 4.39. The first kappa shape index (κ1) is 18.4. The predicted octanol–water partition coefficient (Wildman–Crippen LogP) is 1.99. The molecule has 1 saturated heterocycles. The molecule has 0 aliphatic carbocycles. The van der Waals surface area contributed by atoms with Crippen LogP contribution in [0, 0.1) is 23.0 Å². The Morgan fingerprint density at radius 3 is 2.88 bits per heavy atom. The van der Waals surface area contributed by atoms with Crippen molar-refractivity contribution in [2.75, 3.05) is 32.8 Å². The van der Waals surface area contributed by atoms with Gasteiger partial charge in [0.25, 0.3) is 11.6 Å². The molecule has 0 unspecified atom stereocenters.